The van der Waals surface area contributed by atoms with Crippen LogP contribution in [0.2, 0.25) is 0 Å². The summed E-state index contributed by atoms with van der Waals surface area (Å²) in [5.41, 5.74) is 1.42. The number of allylic oxidation sites excluding steroid dienone is 1. The van der Waals surface area contributed by atoms with Crippen LogP contribution in [0.25, 0.3) is 0 Å². The molecule has 1 rings (SSSR count). The third kappa shape index (κ3) is 4.26. The summed E-state index contributed by atoms with van der Waals surface area (Å²) in [5.74, 6) is -0.287. The average Bonchev–Trinajstić information content (AvgIpc) is 2.16. The number of urea groups is 1. The van der Waals surface area contributed by atoms with Gasteiger partial charge < -0.3 is 10.6 Å². The Morgan fingerprint density at radius 3 is 2.53 bits per heavy atom. The van der Waals surface area contributed by atoms with Crippen molar-refractivity contribution in [3.8, 4) is 0 Å². The molecule has 0 fully saturated rings. The molecule has 2 N–H and O–H groups in total. The van der Waals surface area contributed by atoms with Gasteiger partial charge in [-0.15, -0.1) is 0 Å². The average molecular weight is 208 g/mol. The third-order valence-electron chi connectivity index (χ3n) is 1.69. The second-order valence-corrected chi connectivity index (χ2v) is 3.21. The summed E-state index contributed by atoms with van der Waals surface area (Å²) in [7, 11) is 0. The van der Waals surface area contributed by atoms with Crippen molar-refractivity contribution in [2.45, 2.75) is 13.5 Å². The molecule has 0 aliphatic carbocycles. The summed E-state index contributed by atoms with van der Waals surface area (Å²) >= 11 is 0. The Kier molecular flexibility index (Phi) is 3.85. The number of carbonyl (C=O) groups is 1. The highest BCUT2D eigenvalue weighted by Crippen LogP contribution is 2.01. The molecule has 0 unspecified atom stereocenters. The molecule has 0 bridgehead atoms. The van der Waals surface area contributed by atoms with Gasteiger partial charge in [0.25, 0.3) is 0 Å². The lowest BCUT2D eigenvalue weighted by Crippen LogP contribution is -2.33. The number of benzene rings is 1. The lowest BCUT2D eigenvalue weighted by Gasteiger charge is -2.06. The van der Waals surface area contributed by atoms with Crippen molar-refractivity contribution in [3.63, 3.8) is 0 Å². The second-order valence-electron chi connectivity index (χ2n) is 3.21. The predicted molar refractivity (Wildman–Crippen MR) is 56.6 cm³/mol. The molecule has 0 saturated carbocycles. The highest BCUT2D eigenvalue weighted by molar-refractivity contribution is 5.75. The minimum atomic E-state index is -0.313. The summed E-state index contributed by atoms with van der Waals surface area (Å²) in [6.07, 6.45) is 0. The molecule has 4 heteroatoms. The van der Waals surface area contributed by atoms with E-state index < -0.39 is 0 Å². The zero-order valence-electron chi connectivity index (χ0n) is 8.51. The number of nitrogens with one attached hydrogen (secondary N) is 2. The fourth-order valence-corrected chi connectivity index (χ4v) is 1.02. The van der Waals surface area contributed by atoms with E-state index in [9.17, 15) is 9.18 Å². The first-order chi connectivity index (χ1) is 7.08. The van der Waals surface area contributed by atoms with Gasteiger partial charge in [-0.2, -0.15) is 0 Å². The van der Waals surface area contributed by atoms with Crippen molar-refractivity contribution in [1.29, 1.82) is 0 Å². The van der Waals surface area contributed by atoms with Gasteiger partial charge in [-0.1, -0.05) is 18.7 Å². The van der Waals surface area contributed by atoms with Crippen LogP contribution in [0.1, 0.15) is 12.5 Å². The van der Waals surface area contributed by atoms with E-state index in [1.54, 1.807) is 19.1 Å². The number of rotatable bonds is 3. The molecule has 0 atom stereocenters. The first-order valence-electron chi connectivity index (χ1n) is 4.53. The van der Waals surface area contributed by atoms with Crippen LogP contribution in [0.4, 0.5) is 9.18 Å². The van der Waals surface area contributed by atoms with Crippen LogP contribution >= 0.6 is 0 Å². The molecule has 0 aliphatic rings. The van der Waals surface area contributed by atoms with Crippen molar-refractivity contribution in [2.24, 2.45) is 0 Å². The highest BCUT2D eigenvalue weighted by Gasteiger charge is 1.99. The molecule has 1 aromatic rings. The van der Waals surface area contributed by atoms with Crippen LogP contribution in [0.3, 0.4) is 0 Å². The van der Waals surface area contributed by atoms with Crippen LogP contribution in [0.15, 0.2) is 36.5 Å². The largest absolute Gasteiger partial charge is 0.334 e. The zero-order valence-corrected chi connectivity index (χ0v) is 8.51. The molecular weight excluding hydrogens is 195 g/mol. The normalized spacial score (nSPS) is 9.47. The molecule has 1 aromatic carbocycles. The SMILES string of the molecule is C=C(C)NC(=O)NCc1ccc(F)cc1. The molecule has 2 amide bonds. The standard InChI is InChI=1S/C11H13FN2O/c1-8(2)14-11(15)13-7-9-3-5-10(12)6-4-9/h3-6H,1,7H2,2H3,(H2,13,14,15). The lowest BCUT2D eigenvalue weighted by molar-refractivity contribution is 0.243. The number of halogens is 1. The maximum Gasteiger partial charge on any atom is 0.319 e. The summed E-state index contributed by atoms with van der Waals surface area (Å²) in [5, 5.41) is 5.12. The maximum absolute atomic E-state index is 12.5. The van der Waals surface area contributed by atoms with Gasteiger partial charge >= 0.3 is 6.03 Å². The highest BCUT2D eigenvalue weighted by atomic mass is 19.1. The van der Waals surface area contributed by atoms with E-state index in [1.807, 2.05) is 0 Å². The fraction of sp³-hybridized carbons (Fsp3) is 0.182. The minimum absolute atomic E-state index is 0.287. The van der Waals surface area contributed by atoms with E-state index in [4.69, 9.17) is 0 Å². The van der Waals surface area contributed by atoms with Crippen LogP contribution in [0.5, 0.6) is 0 Å². The Bertz CT molecular complexity index is 359. The van der Waals surface area contributed by atoms with E-state index in [-0.39, 0.29) is 11.8 Å². The van der Waals surface area contributed by atoms with Crippen molar-refractivity contribution in [3.05, 3.63) is 47.9 Å². The Morgan fingerprint density at radius 2 is 2.00 bits per heavy atom. The number of carbonyl (C=O) groups excluding carboxylic acids is 1. The lowest BCUT2D eigenvalue weighted by atomic mass is 10.2. The molecule has 0 aliphatic heterocycles. The van der Waals surface area contributed by atoms with Crippen LogP contribution in [-0.4, -0.2) is 6.03 Å². The molecule has 15 heavy (non-hydrogen) atoms. The van der Waals surface area contributed by atoms with Gasteiger partial charge in [0.05, 0.1) is 0 Å². The van der Waals surface area contributed by atoms with Crippen molar-refractivity contribution >= 4 is 6.03 Å². The summed E-state index contributed by atoms with van der Waals surface area (Å²) in [6, 6.07) is 5.64. The van der Waals surface area contributed by atoms with Gasteiger partial charge in [0, 0.05) is 12.2 Å². The van der Waals surface area contributed by atoms with Gasteiger partial charge in [0.1, 0.15) is 5.82 Å². The van der Waals surface area contributed by atoms with Crippen LogP contribution in [0, 0.1) is 5.82 Å². The van der Waals surface area contributed by atoms with E-state index in [0.717, 1.165) is 5.56 Å². The fourth-order valence-electron chi connectivity index (χ4n) is 1.02. The first kappa shape index (κ1) is 11.2. The quantitative estimate of drug-likeness (QED) is 0.785. The topological polar surface area (TPSA) is 41.1 Å². The molecule has 0 radical (unpaired) electrons. The second kappa shape index (κ2) is 5.14. The molecule has 80 valence electrons. The summed E-state index contributed by atoms with van der Waals surface area (Å²) in [6.45, 7) is 5.59. The van der Waals surface area contributed by atoms with Gasteiger partial charge in [-0.3, -0.25) is 0 Å². The van der Waals surface area contributed by atoms with Crippen LogP contribution < -0.4 is 10.6 Å². The first-order valence-corrected chi connectivity index (χ1v) is 4.53. The van der Waals surface area contributed by atoms with Gasteiger partial charge in [0.15, 0.2) is 0 Å². The molecule has 0 aromatic heterocycles. The van der Waals surface area contributed by atoms with Gasteiger partial charge in [-0.05, 0) is 24.6 Å². The molecule has 0 heterocycles. The molecule has 0 saturated heterocycles. The summed E-state index contributed by atoms with van der Waals surface area (Å²) < 4.78 is 12.5. The number of hydrogen-bond donors (Lipinski definition) is 2. The predicted octanol–water partition coefficient (Wildman–Crippen LogP) is 2.16. The smallest absolute Gasteiger partial charge is 0.319 e. The van der Waals surface area contributed by atoms with Crippen molar-refractivity contribution in [2.75, 3.05) is 0 Å². The Hall–Kier alpha value is -1.84. The van der Waals surface area contributed by atoms with Crippen molar-refractivity contribution < 1.29 is 9.18 Å². The minimum Gasteiger partial charge on any atom is -0.334 e. The van der Waals surface area contributed by atoms with E-state index in [2.05, 4.69) is 17.2 Å². The molecule has 3 nitrogen and oxygen atoms in total. The molecule has 0 spiro atoms. The Labute approximate surface area is 88.0 Å². The maximum atomic E-state index is 12.5. The van der Waals surface area contributed by atoms with E-state index >= 15 is 0 Å². The van der Waals surface area contributed by atoms with Crippen LogP contribution in [-0.2, 0) is 6.54 Å². The zero-order chi connectivity index (χ0) is 11.3. The van der Waals surface area contributed by atoms with Crippen molar-refractivity contribution in [1.82, 2.24) is 10.6 Å². The van der Waals surface area contributed by atoms with Gasteiger partial charge in [-0.25, -0.2) is 9.18 Å². The Balaban J connectivity index is 2.40. The summed E-state index contributed by atoms with van der Waals surface area (Å²) in [4.78, 5) is 11.1. The third-order valence-corrected chi connectivity index (χ3v) is 1.69. The monoisotopic (exact) mass is 208 g/mol. The van der Waals surface area contributed by atoms with E-state index in [1.165, 1.54) is 12.1 Å². The van der Waals surface area contributed by atoms with E-state index in [0.29, 0.717) is 12.2 Å². The Morgan fingerprint density at radius 1 is 1.40 bits per heavy atom. The molecular formula is C11H13FN2O. The van der Waals surface area contributed by atoms with Gasteiger partial charge in [0.2, 0.25) is 0 Å². The number of hydrogen-bond acceptors (Lipinski definition) is 1. The number of amides is 2.